The lowest BCUT2D eigenvalue weighted by atomic mass is 9.76. The molecule has 0 aromatic carbocycles. The fourth-order valence-corrected chi connectivity index (χ4v) is 2.76. The molecule has 2 aliphatic rings. The number of hydrogen-bond acceptors (Lipinski definition) is 4. The van der Waals surface area contributed by atoms with E-state index in [-0.39, 0.29) is 41.7 Å². The van der Waals surface area contributed by atoms with Gasteiger partial charge in [0.05, 0.1) is 6.61 Å². The Balaban J connectivity index is 0.000000385. The first-order valence-corrected chi connectivity index (χ1v) is 7.74. The summed E-state index contributed by atoms with van der Waals surface area (Å²) in [7, 11) is 0. The van der Waals surface area contributed by atoms with Crippen LogP contribution in [0.3, 0.4) is 0 Å². The van der Waals surface area contributed by atoms with Crippen LogP contribution in [0.15, 0.2) is 0 Å². The predicted molar refractivity (Wildman–Crippen MR) is 88.9 cm³/mol. The standard InChI is InChI=1S/C9H16O2.C8H14O2.CH4/c1-9(2,3)7-4-5-11-6-8(7)10;1-8(2,3)6-4-10-5-7(6)9;/h7H,4-6H2,1-3H3;6H,4-5H2,1-3H3;1H4. The Morgan fingerprint density at radius 1 is 0.818 bits per heavy atom. The van der Waals surface area contributed by atoms with Crippen LogP contribution in [0.25, 0.3) is 0 Å². The van der Waals surface area contributed by atoms with Gasteiger partial charge in [-0.15, -0.1) is 0 Å². The third-order valence-corrected chi connectivity index (χ3v) is 4.19. The number of rotatable bonds is 0. The summed E-state index contributed by atoms with van der Waals surface area (Å²) >= 11 is 0. The van der Waals surface area contributed by atoms with E-state index in [1.165, 1.54) is 0 Å². The lowest BCUT2D eigenvalue weighted by molar-refractivity contribution is -0.136. The maximum Gasteiger partial charge on any atom is 0.164 e. The van der Waals surface area contributed by atoms with Gasteiger partial charge in [-0.3, -0.25) is 9.59 Å². The van der Waals surface area contributed by atoms with Crippen molar-refractivity contribution in [2.75, 3.05) is 26.4 Å². The van der Waals surface area contributed by atoms with Gasteiger partial charge in [0.2, 0.25) is 0 Å². The van der Waals surface area contributed by atoms with E-state index in [0.717, 1.165) is 13.0 Å². The summed E-state index contributed by atoms with van der Waals surface area (Å²) in [6.45, 7) is 14.6. The van der Waals surface area contributed by atoms with Gasteiger partial charge in [-0.1, -0.05) is 49.0 Å². The van der Waals surface area contributed by atoms with Crippen LogP contribution in [0.1, 0.15) is 55.4 Å². The van der Waals surface area contributed by atoms with Gasteiger partial charge in [0.15, 0.2) is 11.6 Å². The summed E-state index contributed by atoms with van der Waals surface area (Å²) in [6, 6.07) is 0. The molecule has 2 unspecified atom stereocenters. The molecule has 22 heavy (non-hydrogen) atoms. The molecule has 0 aliphatic carbocycles. The summed E-state index contributed by atoms with van der Waals surface area (Å²) < 4.78 is 10.1. The zero-order chi connectivity index (χ0) is 16.3. The molecular weight excluding hydrogens is 280 g/mol. The highest BCUT2D eigenvalue weighted by Crippen LogP contribution is 2.31. The van der Waals surface area contributed by atoms with Crippen molar-refractivity contribution in [3.63, 3.8) is 0 Å². The largest absolute Gasteiger partial charge is 0.374 e. The molecule has 2 heterocycles. The van der Waals surface area contributed by atoms with Crippen LogP contribution < -0.4 is 0 Å². The van der Waals surface area contributed by atoms with Crippen molar-refractivity contribution < 1.29 is 19.1 Å². The number of ether oxygens (including phenoxy) is 2. The lowest BCUT2D eigenvalue weighted by Crippen LogP contribution is -2.36. The van der Waals surface area contributed by atoms with Gasteiger partial charge in [-0.25, -0.2) is 0 Å². The van der Waals surface area contributed by atoms with Crippen molar-refractivity contribution in [2.45, 2.75) is 55.4 Å². The molecule has 2 saturated heterocycles. The molecule has 2 atom stereocenters. The minimum Gasteiger partial charge on any atom is -0.374 e. The average Bonchev–Trinajstić information content (AvgIpc) is 2.75. The van der Waals surface area contributed by atoms with E-state index >= 15 is 0 Å². The van der Waals surface area contributed by atoms with Crippen molar-refractivity contribution in [2.24, 2.45) is 22.7 Å². The molecule has 4 nitrogen and oxygen atoms in total. The van der Waals surface area contributed by atoms with Crippen molar-refractivity contribution in [3.8, 4) is 0 Å². The minimum atomic E-state index is 0. The first-order chi connectivity index (χ1) is 9.53. The summed E-state index contributed by atoms with van der Waals surface area (Å²) in [5, 5.41) is 0. The second kappa shape index (κ2) is 8.21. The van der Waals surface area contributed by atoms with E-state index in [9.17, 15) is 9.59 Å². The number of carbonyl (C=O) groups excluding carboxylic acids is 2. The van der Waals surface area contributed by atoms with Gasteiger partial charge < -0.3 is 9.47 Å². The molecule has 2 fully saturated rings. The first kappa shape index (κ1) is 21.3. The summed E-state index contributed by atoms with van der Waals surface area (Å²) in [5.74, 6) is 0.847. The van der Waals surface area contributed by atoms with Gasteiger partial charge in [0.25, 0.3) is 0 Å². The van der Waals surface area contributed by atoms with E-state index in [1.54, 1.807) is 0 Å². The van der Waals surface area contributed by atoms with E-state index in [4.69, 9.17) is 9.47 Å². The van der Waals surface area contributed by atoms with Crippen LogP contribution >= 0.6 is 0 Å². The highest BCUT2D eigenvalue weighted by molar-refractivity contribution is 5.84. The van der Waals surface area contributed by atoms with Gasteiger partial charge in [-0.05, 0) is 17.3 Å². The fraction of sp³-hybridized carbons (Fsp3) is 0.889. The van der Waals surface area contributed by atoms with Gasteiger partial charge >= 0.3 is 0 Å². The van der Waals surface area contributed by atoms with Gasteiger partial charge in [0, 0.05) is 18.4 Å². The number of hydrogen-bond donors (Lipinski definition) is 0. The van der Waals surface area contributed by atoms with E-state index in [1.807, 2.05) is 0 Å². The Kier molecular flexibility index (Phi) is 7.93. The highest BCUT2D eigenvalue weighted by atomic mass is 16.5. The lowest BCUT2D eigenvalue weighted by Gasteiger charge is -2.32. The monoisotopic (exact) mass is 314 g/mol. The van der Waals surface area contributed by atoms with E-state index in [2.05, 4.69) is 41.5 Å². The summed E-state index contributed by atoms with van der Waals surface area (Å²) in [6.07, 6.45) is 0.891. The highest BCUT2D eigenvalue weighted by Gasteiger charge is 2.35. The molecule has 0 saturated carbocycles. The zero-order valence-corrected chi connectivity index (χ0v) is 14.3. The van der Waals surface area contributed by atoms with Crippen molar-refractivity contribution in [1.82, 2.24) is 0 Å². The summed E-state index contributed by atoms with van der Waals surface area (Å²) in [4.78, 5) is 22.4. The zero-order valence-electron chi connectivity index (χ0n) is 14.3. The first-order valence-electron chi connectivity index (χ1n) is 7.74. The molecule has 0 amide bonds. The second-order valence-electron chi connectivity index (χ2n) is 8.13. The summed E-state index contributed by atoms with van der Waals surface area (Å²) in [5.41, 5.74) is 0.189. The van der Waals surface area contributed by atoms with Crippen molar-refractivity contribution in [1.29, 1.82) is 0 Å². The van der Waals surface area contributed by atoms with Crippen LogP contribution in [0.2, 0.25) is 0 Å². The quantitative estimate of drug-likeness (QED) is 0.686. The molecule has 2 rings (SSSR count). The van der Waals surface area contributed by atoms with Crippen molar-refractivity contribution in [3.05, 3.63) is 0 Å². The normalized spacial score (nSPS) is 26.1. The van der Waals surface area contributed by atoms with Crippen LogP contribution in [0.4, 0.5) is 0 Å². The Hall–Kier alpha value is -0.740. The third-order valence-electron chi connectivity index (χ3n) is 4.19. The molecule has 0 N–H and O–H groups in total. The van der Waals surface area contributed by atoms with Crippen LogP contribution in [-0.4, -0.2) is 38.0 Å². The van der Waals surface area contributed by atoms with Crippen LogP contribution in [-0.2, 0) is 19.1 Å². The Morgan fingerprint density at radius 2 is 1.27 bits per heavy atom. The molecule has 4 heteroatoms. The molecule has 0 radical (unpaired) electrons. The average molecular weight is 314 g/mol. The molecule has 0 aromatic heterocycles. The van der Waals surface area contributed by atoms with Gasteiger partial charge in [-0.2, -0.15) is 0 Å². The maximum absolute atomic E-state index is 11.3. The minimum absolute atomic E-state index is 0. The molecule has 0 spiro atoms. The van der Waals surface area contributed by atoms with Crippen LogP contribution in [0.5, 0.6) is 0 Å². The SMILES string of the molecule is C.CC(C)(C)C1CCOCC1=O.CC(C)(C)C1COCC1=O. The Morgan fingerprint density at radius 3 is 1.55 bits per heavy atom. The topological polar surface area (TPSA) is 52.6 Å². The van der Waals surface area contributed by atoms with Gasteiger partial charge in [0.1, 0.15) is 13.2 Å². The van der Waals surface area contributed by atoms with E-state index in [0.29, 0.717) is 19.8 Å². The molecule has 130 valence electrons. The number of carbonyl (C=O) groups is 2. The number of Topliss-reactive ketones (excluding diaryl/α,β-unsaturated/α-hetero) is 2. The smallest absolute Gasteiger partial charge is 0.164 e. The van der Waals surface area contributed by atoms with Crippen LogP contribution in [0, 0.1) is 22.7 Å². The van der Waals surface area contributed by atoms with Crippen molar-refractivity contribution >= 4 is 11.6 Å². The number of ketones is 2. The Labute approximate surface area is 135 Å². The predicted octanol–water partition coefficient (Wildman–Crippen LogP) is 3.52. The molecular formula is C18H34O4. The van der Waals surface area contributed by atoms with E-state index < -0.39 is 0 Å². The second-order valence-corrected chi connectivity index (χ2v) is 8.13. The molecule has 0 aromatic rings. The Bertz CT molecular complexity index is 374. The fourth-order valence-electron chi connectivity index (χ4n) is 2.76. The molecule has 0 bridgehead atoms. The maximum atomic E-state index is 11.3. The third kappa shape index (κ3) is 6.17. The molecule has 2 aliphatic heterocycles.